The van der Waals surface area contributed by atoms with E-state index in [-0.39, 0.29) is 5.91 Å². The van der Waals surface area contributed by atoms with E-state index in [0.29, 0.717) is 21.8 Å². The third-order valence-corrected chi connectivity index (χ3v) is 7.98. The molecule has 4 fully saturated rings. The minimum atomic E-state index is 0.0153. The van der Waals surface area contributed by atoms with E-state index >= 15 is 0 Å². The molecule has 4 atom stereocenters. The summed E-state index contributed by atoms with van der Waals surface area (Å²) in [5, 5.41) is 0.500. The van der Waals surface area contributed by atoms with Crippen LogP contribution in [0.2, 0.25) is 5.02 Å². The standard InChI is InChI=1S/C19H22ClNO2/c1-9-15-12-7-13-16(9)19(15,17(12)13)8-21(2)18(22)11-6-10(23-3)4-5-14(11)20/h4-6,9,12-13,15-17H,7-8H2,1-3H3. The largest absolute Gasteiger partial charge is 0.497 e. The van der Waals surface area contributed by atoms with Crippen LogP contribution in [0.1, 0.15) is 23.7 Å². The normalized spacial score (nSPS) is 44.0. The smallest absolute Gasteiger partial charge is 0.255 e. The molecule has 4 saturated carbocycles. The van der Waals surface area contributed by atoms with Gasteiger partial charge in [0, 0.05) is 13.6 Å². The van der Waals surface area contributed by atoms with Crippen molar-refractivity contribution in [3.8, 4) is 5.75 Å². The Labute approximate surface area is 141 Å². The average molecular weight is 332 g/mol. The Bertz CT molecular complexity index is 695. The quantitative estimate of drug-likeness (QED) is 0.844. The van der Waals surface area contributed by atoms with Gasteiger partial charge in [0.15, 0.2) is 0 Å². The highest BCUT2D eigenvalue weighted by Crippen LogP contribution is 2.92. The van der Waals surface area contributed by atoms with Gasteiger partial charge in [-0.2, -0.15) is 0 Å². The zero-order valence-corrected chi connectivity index (χ0v) is 14.5. The van der Waals surface area contributed by atoms with Crippen LogP contribution < -0.4 is 4.74 Å². The van der Waals surface area contributed by atoms with Crippen molar-refractivity contribution in [2.45, 2.75) is 13.3 Å². The van der Waals surface area contributed by atoms with Gasteiger partial charge in [-0.25, -0.2) is 0 Å². The van der Waals surface area contributed by atoms with E-state index in [0.717, 1.165) is 42.1 Å². The van der Waals surface area contributed by atoms with Crippen molar-refractivity contribution < 1.29 is 9.53 Å². The molecule has 4 heteroatoms. The number of carbonyl (C=O) groups excluding carboxylic acids is 1. The van der Waals surface area contributed by atoms with E-state index < -0.39 is 0 Å². The van der Waals surface area contributed by atoms with Crippen molar-refractivity contribution in [1.82, 2.24) is 4.90 Å². The number of fused-ring (bicyclic) bond motifs is 2. The molecule has 1 aromatic carbocycles. The van der Waals surface area contributed by atoms with E-state index in [1.54, 1.807) is 25.3 Å². The molecule has 4 aliphatic carbocycles. The fourth-order valence-electron chi connectivity index (χ4n) is 7.16. The molecule has 0 aromatic heterocycles. The maximum absolute atomic E-state index is 12.9. The SMILES string of the molecule is COc1ccc(Cl)c(C(=O)N(C)CC23C4C(C)C2C2CC4C23)c1. The van der Waals surface area contributed by atoms with Crippen molar-refractivity contribution >= 4 is 17.5 Å². The molecule has 4 aliphatic rings. The van der Waals surface area contributed by atoms with Crippen LogP contribution in [0.3, 0.4) is 0 Å². The van der Waals surface area contributed by atoms with Crippen molar-refractivity contribution in [1.29, 1.82) is 0 Å². The Morgan fingerprint density at radius 2 is 2.04 bits per heavy atom. The molecule has 1 aromatic rings. The van der Waals surface area contributed by atoms with E-state index in [1.165, 1.54) is 6.42 Å². The van der Waals surface area contributed by atoms with Gasteiger partial charge in [0.1, 0.15) is 5.75 Å². The predicted octanol–water partition coefficient (Wildman–Crippen LogP) is 3.57. The number of ether oxygens (including phenoxy) is 1. The number of carbonyl (C=O) groups is 1. The highest BCUT2D eigenvalue weighted by Gasteiger charge is 2.89. The summed E-state index contributed by atoms with van der Waals surface area (Å²) in [7, 11) is 3.53. The molecule has 0 aliphatic heterocycles. The molecular formula is C19H22ClNO2. The summed E-state index contributed by atoms with van der Waals surface area (Å²) in [6.07, 6.45) is 1.46. The second-order valence-electron chi connectivity index (χ2n) is 8.12. The molecule has 0 heterocycles. The van der Waals surface area contributed by atoms with Crippen molar-refractivity contribution in [3.05, 3.63) is 28.8 Å². The van der Waals surface area contributed by atoms with Gasteiger partial charge in [-0.15, -0.1) is 0 Å². The lowest BCUT2D eigenvalue weighted by Crippen LogP contribution is -2.92. The first-order valence-electron chi connectivity index (χ1n) is 8.59. The predicted molar refractivity (Wildman–Crippen MR) is 88.6 cm³/mol. The summed E-state index contributed by atoms with van der Waals surface area (Å²) in [6.45, 7) is 3.32. The number of rotatable bonds is 4. The molecule has 0 bridgehead atoms. The maximum Gasteiger partial charge on any atom is 0.255 e. The number of hydrogen-bond acceptors (Lipinski definition) is 2. The monoisotopic (exact) mass is 331 g/mol. The van der Waals surface area contributed by atoms with E-state index in [9.17, 15) is 4.79 Å². The molecule has 3 nitrogen and oxygen atoms in total. The Morgan fingerprint density at radius 3 is 2.65 bits per heavy atom. The molecule has 1 amide bonds. The molecule has 0 radical (unpaired) electrons. The first kappa shape index (κ1) is 14.2. The molecule has 0 N–H and O–H groups in total. The lowest BCUT2D eigenvalue weighted by Gasteiger charge is -2.94. The van der Waals surface area contributed by atoms with E-state index in [2.05, 4.69) is 6.92 Å². The highest BCUT2D eigenvalue weighted by atomic mass is 35.5. The van der Waals surface area contributed by atoms with Gasteiger partial charge >= 0.3 is 0 Å². The van der Waals surface area contributed by atoms with Crippen molar-refractivity contribution in [3.63, 3.8) is 0 Å². The molecule has 122 valence electrons. The maximum atomic E-state index is 12.9. The van der Waals surface area contributed by atoms with Gasteiger partial charge in [0.2, 0.25) is 0 Å². The highest BCUT2D eigenvalue weighted by molar-refractivity contribution is 6.33. The molecule has 0 saturated heterocycles. The Morgan fingerprint density at radius 1 is 1.35 bits per heavy atom. The first-order chi connectivity index (χ1) is 11.0. The number of benzene rings is 1. The van der Waals surface area contributed by atoms with E-state index in [4.69, 9.17) is 16.3 Å². The summed E-state index contributed by atoms with van der Waals surface area (Å²) in [5.41, 5.74) is 1.01. The van der Waals surface area contributed by atoms with Gasteiger partial charge in [-0.3, -0.25) is 4.79 Å². The number of amides is 1. The third-order valence-electron chi connectivity index (χ3n) is 7.65. The van der Waals surface area contributed by atoms with Gasteiger partial charge in [0.05, 0.1) is 17.7 Å². The molecule has 5 rings (SSSR count). The summed E-state index contributed by atoms with van der Waals surface area (Å²) >= 11 is 6.24. The second kappa shape index (κ2) is 4.24. The molecule has 4 unspecified atom stereocenters. The fourth-order valence-corrected chi connectivity index (χ4v) is 7.35. The summed E-state index contributed by atoms with van der Waals surface area (Å²) < 4.78 is 5.23. The van der Waals surface area contributed by atoms with Crippen LogP contribution in [0.5, 0.6) is 5.75 Å². The molecular weight excluding hydrogens is 310 g/mol. The topological polar surface area (TPSA) is 29.5 Å². The number of hydrogen-bond donors (Lipinski definition) is 0. The summed E-state index contributed by atoms with van der Waals surface area (Å²) in [4.78, 5) is 14.8. The van der Waals surface area contributed by atoms with Gasteiger partial charge in [0.25, 0.3) is 5.91 Å². The van der Waals surface area contributed by atoms with Crippen molar-refractivity contribution in [2.24, 2.45) is 40.9 Å². The van der Waals surface area contributed by atoms with Crippen molar-refractivity contribution in [2.75, 3.05) is 20.7 Å². The van der Waals surface area contributed by atoms with Crippen LogP contribution in [0, 0.1) is 40.9 Å². The lowest BCUT2D eigenvalue weighted by molar-refractivity contribution is -0.468. The van der Waals surface area contributed by atoms with Gasteiger partial charge < -0.3 is 9.64 Å². The molecule has 23 heavy (non-hydrogen) atoms. The second-order valence-corrected chi connectivity index (χ2v) is 8.53. The van der Waals surface area contributed by atoms with Crippen LogP contribution >= 0.6 is 11.6 Å². The summed E-state index contributed by atoms with van der Waals surface area (Å²) in [6, 6.07) is 5.28. The van der Waals surface area contributed by atoms with Gasteiger partial charge in [-0.05, 0) is 65.5 Å². The zero-order valence-electron chi connectivity index (χ0n) is 13.8. The number of nitrogens with zero attached hydrogens (tertiary/aromatic N) is 1. The van der Waals surface area contributed by atoms with E-state index in [1.807, 2.05) is 11.9 Å². The third kappa shape index (κ3) is 1.38. The lowest BCUT2D eigenvalue weighted by atomic mass is 9.11. The Kier molecular flexibility index (Phi) is 2.61. The Hall–Kier alpha value is -1.22. The van der Waals surface area contributed by atoms with Crippen LogP contribution in [0.15, 0.2) is 18.2 Å². The zero-order chi connectivity index (χ0) is 16.1. The van der Waals surface area contributed by atoms with Crippen LogP contribution in [0.25, 0.3) is 0 Å². The minimum Gasteiger partial charge on any atom is -0.497 e. The van der Waals surface area contributed by atoms with Crippen LogP contribution in [-0.4, -0.2) is 31.5 Å². The summed E-state index contributed by atoms with van der Waals surface area (Å²) in [5.74, 6) is 6.19. The van der Waals surface area contributed by atoms with Gasteiger partial charge in [-0.1, -0.05) is 18.5 Å². The number of methoxy groups -OCH3 is 1. The van der Waals surface area contributed by atoms with Crippen LogP contribution in [-0.2, 0) is 0 Å². The average Bonchev–Trinajstić information content (AvgIpc) is 2.54. The molecule has 0 spiro atoms. The van der Waals surface area contributed by atoms with Crippen LogP contribution in [0.4, 0.5) is 0 Å². The fraction of sp³-hybridized carbons (Fsp3) is 0.632. The first-order valence-corrected chi connectivity index (χ1v) is 8.97. The Balaban J connectivity index is 1.36. The number of halogens is 1. The minimum absolute atomic E-state index is 0.0153.